The monoisotopic (exact) mass is 126 g/mol. The molecule has 0 spiro atoms. The highest BCUT2D eigenvalue weighted by atomic mass is 16.5. The van der Waals surface area contributed by atoms with Gasteiger partial charge in [0.1, 0.15) is 0 Å². The van der Waals surface area contributed by atoms with Crippen LogP contribution in [-0.4, -0.2) is 25.8 Å². The van der Waals surface area contributed by atoms with Crippen LogP contribution in [0.25, 0.3) is 0 Å². The van der Waals surface area contributed by atoms with E-state index in [2.05, 4.69) is 11.4 Å². The number of nitriles is 1. The largest absolute Gasteiger partial charge is 0.380 e. The topological polar surface area (TPSA) is 45.0 Å². The first-order chi connectivity index (χ1) is 4.36. The van der Waals surface area contributed by atoms with Crippen molar-refractivity contribution < 1.29 is 4.74 Å². The van der Waals surface area contributed by atoms with Crippen molar-refractivity contribution in [2.45, 2.75) is 18.6 Å². The summed E-state index contributed by atoms with van der Waals surface area (Å²) >= 11 is 0. The summed E-state index contributed by atoms with van der Waals surface area (Å²) in [6, 6.07) is 2.15. The average Bonchev–Trinajstić information content (AvgIpc) is 2.34. The summed E-state index contributed by atoms with van der Waals surface area (Å²) in [5, 5.41) is 11.4. The molecule has 0 aliphatic carbocycles. The van der Waals surface area contributed by atoms with Gasteiger partial charge in [-0.15, -0.1) is 0 Å². The number of hydrogen-bond acceptors (Lipinski definition) is 3. The highest BCUT2D eigenvalue weighted by Gasteiger charge is 2.22. The fraction of sp³-hybridized carbons (Fsp3) is 0.833. The van der Waals surface area contributed by atoms with Crippen molar-refractivity contribution in [1.29, 1.82) is 5.26 Å². The molecule has 1 rings (SSSR count). The maximum Gasteiger partial charge on any atom is 0.0979 e. The van der Waals surface area contributed by atoms with E-state index in [9.17, 15) is 0 Å². The standard InChI is InChI=1S/C6H10N2O/c1-9-6-2-5(3-7)8-4-6/h5-6,8H,2,4H2,1H3/t5-,6+/m1/s1. The fourth-order valence-corrected chi connectivity index (χ4v) is 0.981. The second-order valence-corrected chi connectivity index (χ2v) is 2.18. The van der Waals surface area contributed by atoms with E-state index in [1.807, 2.05) is 0 Å². The second kappa shape index (κ2) is 2.81. The third-order valence-electron chi connectivity index (χ3n) is 1.58. The van der Waals surface area contributed by atoms with Crippen molar-refractivity contribution in [3.63, 3.8) is 0 Å². The Morgan fingerprint density at radius 3 is 2.89 bits per heavy atom. The molecule has 1 aliphatic heterocycles. The molecular weight excluding hydrogens is 116 g/mol. The lowest BCUT2D eigenvalue weighted by Gasteiger charge is -2.01. The Labute approximate surface area is 54.6 Å². The van der Waals surface area contributed by atoms with Crippen LogP contribution in [0.1, 0.15) is 6.42 Å². The maximum absolute atomic E-state index is 8.41. The van der Waals surface area contributed by atoms with Gasteiger partial charge in [0.25, 0.3) is 0 Å². The van der Waals surface area contributed by atoms with Gasteiger partial charge in [-0.2, -0.15) is 5.26 Å². The summed E-state index contributed by atoms with van der Waals surface area (Å²) in [5.41, 5.74) is 0. The fourth-order valence-electron chi connectivity index (χ4n) is 0.981. The van der Waals surface area contributed by atoms with Crippen molar-refractivity contribution in [1.82, 2.24) is 5.32 Å². The van der Waals surface area contributed by atoms with E-state index >= 15 is 0 Å². The molecule has 0 bridgehead atoms. The zero-order valence-corrected chi connectivity index (χ0v) is 5.42. The third-order valence-corrected chi connectivity index (χ3v) is 1.58. The molecule has 0 aromatic heterocycles. The van der Waals surface area contributed by atoms with Gasteiger partial charge < -0.3 is 4.74 Å². The van der Waals surface area contributed by atoms with Crippen LogP contribution in [0, 0.1) is 11.3 Å². The molecule has 2 atom stereocenters. The molecule has 1 heterocycles. The summed E-state index contributed by atoms with van der Waals surface area (Å²) in [6.07, 6.45) is 1.07. The molecular formula is C6H10N2O. The molecule has 3 heteroatoms. The van der Waals surface area contributed by atoms with E-state index in [1.165, 1.54) is 0 Å². The van der Waals surface area contributed by atoms with Crippen molar-refractivity contribution in [3.8, 4) is 6.07 Å². The van der Waals surface area contributed by atoms with Gasteiger partial charge >= 0.3 is 0 Å². The Kier molecular flexibility index (Phi) is 2.04. The van der Waals surface area contributed by atoms with Crippen LogP contribution in [0.5, 0.6) is 0 Å². The molecule has 1 N–H and O–H groups in total. The summed E-state index contributed by atoms with van der Waals surface area (Å²) < 4.78 is 5.03. The van der Waals surface area contributed by atoms with E-state index in [-0.39, 0.29) is 12.1 Å². The SMILES string of the molecule is CO[C@@H]1CN[C@@H](C#N)C1. The van der Waals surface area contributed by atoms with E-state index in [4.69, 9.17) is 10.00 Å². The first-order valence-corrected chi connectivity index (χ1v) is 3.02. The van der Waals surface area contributed by atoms with E-state index in [1.54, 1.807) is 7.11 Å². The van der Waals surface area contributed by atoms with Crippen molar-refractivity contribution in [3.05, 3.63) is 0 Å². The van der Waals surface area contributed by atoms with Crippen molar-refractivity contribution in [2.24, 2.45) is 0 Å². The van der Waals surface area contributed by atoms with E-state index in [0.29, 0.717) is 0 Å². The van der Waals surface area contributed by atoms with Gasteiger partial charge in [0.05, 0.1) is 18.2 Å². The van der Waals surface area contributed by atoms with Gasteiger partial charge in [-0.25, -0.2) is 0 Å². The quantitative estimate of drug-likeness (QED) is 0.533. The second-order valence-electron chi connectivity index (χ2n) is 2.18. The molecule has 0 aromatic rings. The molecule has 0 amide bonds. The van der Waals surface area contributed by atoms with Gasteiger partial charge in [0, 0.05) is 20.1 Å². The van der Waals surface area contributed by atoms with Crippen molar-refractivity contribution in [2.75, 3.05) is 13.7 Å². The molecule has 50 valence electrons. The lowest BCUT2D eigenvalue weighted by Crippen LogP contribution is -2.19. The number of nitrogens with zero attached hydrogens (tertiary/aromatic N) is 1. The summed E-state index contributed by atoms with van der Waals surface area (Å²) in [7, 11) is 1.67. The number of hydrogen-bond donors (Lipinski definition) is 1. The third kappa shape index (κ3) is 1.41. The predicted molar refractivity (Wildman–Crippen MR) is 32.8 cm³/mol. The van der Waals surface area contributed by atoms with Crippen LogP contribution < -0.4 is 5.32 Å². The van der Waals surface area contributed by atoms with Crippen LogP contribution in [0.2, 0.25) is 0 Å². The number of ether oxygens (including phenoxy) is 1. The van der Waals surface area contributed by atoms with Gasteiger partial charge in [0.2, 0.25) is 0 Å². The van der Waals surface area contributed by atoms with Gasteiger partial charge in [-0.3, -0.25) is 5.32 Å². The number of nitrogens with one attached hydrogen (secondary N) is 1. The Balaban J connectivity index is 2.31. The van der Waals surface area contributed by atoms with Gasteiger partial charge in [-0.05, 0) is 0 Å². The molecule has 0 radical (unpaired) electrons. The summed E-state index contributed by atoms with van der Waals surface area (Å²) in [5.74, 6) is 0. The van der Waals surface area contributed by atoms with Crippen LogP contribution in [-0.2, 0) is 4.74 Å². The summed E-state index contributed by atoms with van der Waals surface area (Å²) in [6.45, 7) is 0.814. The molecule has 3 nitrogen and oxygen atoms in total. The molecule has 0 saturated carbocycles. The zero-order valence-electron chi connectivity index (χ0n) is 5.42. The maximum atomic E-state index is 8.41. The molecule has 1 fully saturated rings. The first kappa shape index (κ1) is 6.53. The lowest BCUT2D eigenvalue weighted by molar-refractivity contribution is 0.118. The highest BCUT2D eigenvalue weighted by Crippen LogP contribution is 2.07. The molecule has 0 aromatic carbocycles. The van der Waals surface area contributed by atoms with E-state index < -0.39 is 0 Å². The molecule has 0 unspecified atom stereocenters. The van der Waals surface area contributed by atoms with Crippen molar-refractivity contribution >= 4 is 0 Å². The van der Waals surface area contributed by atoms with Crippen LogP contribution in [0.3, 0.4) is 0 Å². The number of methoxy groups -OCH3 is 1. The molecule has 1 saturated heterocycles. The Hall–Kier alpha value is -0.590. The van der Waals surface area contributed by atoms with Crippen LogP contribution in [0.15, 0.2) is 0 Å². The lowest BCUT2D eigenvalue weighted by atomic mass is 10.2. The minimum Gasteiger partial charge on any atom is -0.380 e. The average molecular weight is 126 g/mol. The van der Waals surface area contributed by atoms with Gasteiger partial charge in [-0.1, -0.05) is 0 Å². The normalized spacial score (nSPS) is 34.2. The Morgan fingerprint density at radius 1 is 1.78 bits per heavy atom. The highest BCUT2D eigenvalue weighted by molar-refractivity contribution is 4.96. The molecule has 1 aliphatic rings. The predicted octanol–water partition coefficient (Wildman–Crippen LogP) is -0.113. The smallest absolute Gasteiger partial charge is 0.0979 e. The van der Waals surface area contributed by atoms with Gasteiger partial charge in [0.15, 0.2) is 0 Å². The minimum atomic E-state index is 0.00921. The minimum absolute atomic E-state index is 0.00921. The zero-order chi connectivity index (χ0) is 6.69. The Bertz CT molecular complexity index is 130. The first-order valence-electron chi connectivity index (χ1n) is 3.02. The summed E-state index contributed by atoms with van der Waals surface area (Å²) in [4.78, 5) is 0. The van der Waals surface area contributed by atoms with E-state index in [0.717, 1.165) is 13.0 Å². The molecule has 9 heavy (non-hydrogen) atoms. The van der Waals surface area contributed by atoms with Crippen LogP contribution in [0.4, 0.5) is 0 Å². The number of rotatable bonds is 1. The van der Waals surface area contributed by atoms with Crippen LogP contribution >= 0.6 is 0 Å². The Morgan fingerprint density at radius 2 is 2.56 bits per heavy atom.